The van der Waals surface area contributed by atoms with Crippen LogP contribution in [0, 0.1) is 13.8 Å². The van der Waals surface area contributed by atoms with Gasteiger partial charge in [-0.25, -0.2) is 0 Å². The molecule has 2 aromatic rings. The molecular weight excluding hydrogens is 316 g/mol. The highest BCUT2D eigenvalue weighted by atomic mass is 16.5. The lowest BCUT2D eigenvalue weighted by atomic mass is 10.1. The highest BCUT2D eigenvalue weighted by Crippen LogP contribution is 2.24. The Bertz CT molecular complexity index is 764. The van der Waals surface area contributed by atoms with Gasteiger partial charge in [0.2, 0.25) is 5.91 Å². The number of carbonyl (C=O) groups is 2. The first-order valence-electron chi connectivity index (χ1n) is 8.44. The second-order valence-corrected chi connectivity index (χ2v) is 6.25. The molecule has 0 aromatic heterocycles. The van der Waals surface area contributed by atoms with Gasteiger partial charge in [-0.15, -0.1) is 0 Å². The van der Waals surface area contributed by atoms with Crippen molar-refractivity contribution in [3.8, 4) is 5.75 Å². The summed E-state index contributed by atoms with van der Waals surface area (Å²) in [4.78, 5) is 25.6. The summed E-state index contributed by atoms with van der Waals surface area (Å²) >= 11 is 0. The van der Waals surface area contributed by atoms with Crippen molar-refractivity contribution in [3.63, 3.8) is 0 Å². The van der Waals surface area contributed by atoms with Crippen molar-refractivity contribution < 1.29 is 14.3 Å². The van der Waals surface area contributed by atoms with E-state index in [1.165, 1.54) is 0 Å². The number of anilines is 2. The smallest absolute Gasteiger partial charge is 0.262 e. The van der Waals surface area contributed by atoms with E-state index in [1.807, 2.05) is 44.2 Å². The van der Waals surface area contributed by atoms with Gasteiger partial charge in [-0.05, 0) is 55.7 Å². The number of hydrogen-bond donors (Lipinski definition) is 1. The minimum Gasteiger partial charge on any atom is -0.484 e. The average molecular weight is 338 g/mol. The Morgan fingerprint density at radius 1 is 1.12 bits per heavy atom. The second kappa shape index (κ2) is 7.38. The summed E-state index contributed by atoms with van der Waals surface area (Å²) in [7, 11) is 0. The Morgan fingerprint density at radius 2 is 1.80 bits per heavy atom. The van der Waals surface area contributed by atoms with Crippen LogP contribution in [0.3, 0.4) is 0 Å². The van der Waals surface area contributed by atoms with E-state index in [1.54, 1.807) is 17.0 Å². The van der Waals surface area contributed by atoms with Crippen molar-refractivity contribution >= 4 is 23.2 Å². The number of para-hydroxylation sites is 1. The van der Waals surface area contributed by atoms with Crippen LogP contribution in [0.4, 0.5) is 11.4 Å². The van der Waals surface area contributed by atoms with Crippen LogP contribution in [0.25, 0.3) is 0 Å². The molecule has 1 saturated heterocycles. The summed E-state index contributed by atoms with van der Waals surface area (Å²) in [5, 5.41) is 2.89. The normalized spacial score (nSPS) is 13.8. The van der Waals surface area contributed by atoms with Gasteiger partial charge in [-0.3, -0.25) is 9.59 Å². The molecule has 1 N–H and O–H groups in total. The maximum Gasteiger partial charge on any atom is 0.262 e. The summed E-state index contributed by atoms with van der Waals surface area (Å²) in [5.41, 5.74) is 3.75. The van der Waals surface area contributed by atoms with E-state index in [2.05, 4.69) is 5.32 Å². The highest BCUT2D eigenvalue weighted by molar-refractivity contribution is 5.95. The number of amides is 2. The molecule has 5 nitrogen and oxygen atoms in total. The molecule has 0 spiro atoms. The van der Waals surface area contributed by atoms with E-state index in [0.717, 1.165) is 35.5 Å². The fraction of sp³-hybridized carbons (Fsp3) is 0.300. The predicted molar refractivity (Wildman–Crippen MR) is 98.1 cm³/mol. The van der Waals surface area contributed by atoms with Gasteiger partial charge >= 0.3 is 0 Å². The van der Waals surface area contributed by atoms with Crippen molar-refractivity contribution in [2.45, 2.75) is 26.7 Å². The first-order chi connectivity index (χ1) is 12.0. The number of rotatable bonds is 5. The highest BCUT2D eigenvalue weighted by Gasteiger charge is 2.21. The zero-order valence-corrected chi connectivity index (χ0v) is 14.5. The molecule has 0 radical (unpaired) electrons. The molecule has 2 amide bonds. The van der Waals surface area contributed by atoms with Crippen LogP contribution in [0.2, 0.25) is 0 Å². The molecule has 0 bridgehead atoms. The molecule has 0 atom stereocenters. The molecule has 0 aliphatic carbocycles. The van der Waals surface area contributed by atoms with Crippen molar-refractivity contribution in [1.82, 2.24) is 0 Å². The molecule has 5 heteroatoms. The SMILES string of the molecule is Cc1cccc(C)c1NC(=O)COc1ccc(N2CCCC2=O)cc1. The fourth-order valence-corrected chi connectivity index (χ4v) is 2.98. The van der Waals surface area contributed by atoms with Gasteiger partial charge in [0.15, 0.2) is 6.61 Å². The standard InChI is InChI=1S/C20H22N2O3/c1-14-5-3-6-15(2)20(14)21-18(23)13-25-17-10-8-16(9-11-17)22-12-4-7-19(22)24/h3,5-6,8-11H,4,7,12-13H2,1-2H3,(H,21,23). The third kappa shape index (κ3) is 3.99. The number of nitrogens with one attached hydrogen (secondary N) is 1. The third-order valence-corrected chi connectivity index (χ3v) is 4.34. The maximum atomic E-state index is 12.1. The monoisotopic (exact) mass is 338 g/mol. The van der Waals surface area contributed by atoms with Crippen LogP contribution in [-0.4, -0.2) is 25.0 Å². The maximum absolute atomic E-state index is 12.1. The Morgan fingerprint density at radius 3 is 2.40 bits per heavy atom. The van der Waals surface area contributed by atoms with Crippen LogP contribution >= 0.6 is 0 Å². The molecule has 1 heterocycles. The van der Waals surface area contributed by atoms with Crippen LogP contribution < -0.4 is 15.0 Å². The number of hydrogen-bond acceptors (Lipinski definition) is 3. The van der Waals surface area contributed by atoms with Gasteiger partial charge in [0.1, 0.15) is 5.75 Å². The summed E-state index contributed by atoms with van der Waals surface area (Å²) in [6.07, 6.45) is 1.51. The summed E-state index contributed by atoms with van der Waals surface area (Å²) < 4.78 is 5.55. The molecule has 130 valence electrons. The molecule has 1 fully saturated rings. The average Bonchev–Trinajstić information content (AvgIpc) is 3.03. The van der Waals surface area contributed by atoms with Crippen LogP contribution in [0.5, 0.6) is 5.75 Å². The number of nitrogens with zero attached hydrogens (tertiary/aromatic N) is 1. The van der Waals surface area contributed by atoms with Crippen LogP contribution in [0.1, 0.15) is 24.0 Å². The van der Waals surface area contributed by atoms with Gasteiger partial charge in [0, 0.05) is 24.3 Å². The number of ether oxygens (including phenoxy) is 1. The molecule has 0 saturated carbocycles. The first-order valence-corrected chi connectivity index (χ1v) is 8.44. The fourth-order valence-electron chi connectivity index (χ4n) is 2.98. The van der Waals surface area contributed by atoms with Gasteiger partial charge in [0.05, 0.1) is 0 Å². The Kier molecular flexibility index (Phi) is 5.03. The van der Waals surface area contributed by atoms with E-state index >= 15 is 0 Å². The number of carbonyl (C=O) groups excluding carboxylic acids is 2. The van der Waals surface area contributed by atoms with Gasteiger partial charge in [0.25, 0.3) is 5.91 Å². The van der Waals surface area contributed by atoms with Crippen LogP contribution in [0.15, 0.2) is 42.5 Å². The summed E-state index contributed by atoms with van der Waals surface area (Å²) in [5.74, 6) is 0.560. The van der Waals surface area contributed by atoms with Crippen molar-refractivity contribution in [3.05, 3.63) is 53.6 Å². The van der Waals surface area contributed by atoms with E-state index in [0.29, 0.717) is 12.2 Å². The van der Waals surface area contributed by atoms with Crippen molar-refractivity contribution in [2.24, 2.45) is 0 Å². The summed E-state index contributed by atoms with van der Waals surface area (Å²) in [6, 6.07) is 13.2. The van der Waals surface area contributed by atoms with E-state index in [9.17, 15) is 9.59 Å². The molecule has 2 aromatic carbocycles. The lowest BCUT2D eigenvalue weighted by Crippen LogP contribution is -2.23. The predicted octanol–water partition coefficient (Wildman–Crippen LogP) is 3.45. The van der Waals surface area contributed by atoms with E-state index < -0.39 is 0 Å². The third-order valence-electron chi connectivity index (χ3n) is 4.34. The van der Waals surface area contributed by atoms with Crippen molar-refractivity contribution in [2.75, 3.05) is 23.4 Å². The lowest BCUT2D eigenvalue weighted by Gasteiger charge is -2.16. The zero-order chi connectivity index (χ0) is 17.8. The molecule has 1 aliphatic rings. The van der Waals surface area contributed by atoms with Gasteiger partial charge in [-0.1, -0.05) is 18.2 Å². The van der Waals surface area contributed by atoms with Crippen molar-refractivity contribution in [1.29, 1.82) is 0 Å². The minimum absolute atomic E-state index is 0.0598. The van der Waals surface area contributed by atoms with Gasteiger partial charge < -0.3 is 15.0 Å². The molecule has 3 rings (SSSR count). The molecule has 1 aliphatic heterocycles. The minimum atomic E-state index is -0.198. The van der Waals surface area contributed by atoms with Gasteiger partial charge in [-0.2, -0.15) is 0 Å². The van der Waals surface area contributed by atoms with E-state index in [-0.39, 0.29) is 18.4 Å². The number of benzene rings is 2. The van der Waals surface area contributed by atoms with E-state index in [4.69, 9.17) is 4.74 Å². The summed E-state index contributed by atoms with van der Waals surface area (Å²) in [6.45, 7) is 4.62. The zero-order valence-electron chi connectivity index (χ0n) is 14.5. The molecule has 25 heavy (non-hydrogen) atoms. The quantitative estimate of drug-likeness (QED) is 0.908. The number of aryl methyl sites for hydroxylation is 2. The topological polar surface area (TPSA) is 58.6 Å². The Hall–Kier alpha value is -2.82. The Labute approximate surface area is 147 Å². The first kappa shape index (κ1) is 17.0. The Balaban J connectivity index is 1.56. The second-order valence-electron chi connectivity index (χ2n) is 6.25. The lowest BCUT2D eigenvalue weighted by molar-refractivity contribution is -0.118. The molecule has 0 unspecified atom stereocenters. The van der Waals surface area contributed by atoms with Crippen LogP contribution in [-0.2, 0) is 9.59 Å². The largest absolute Gasteiger partial charge is 0.484 e. The molecular formula is C20H22N2O3.